The van der Waals surface area contributed by atoms with Crippen LogP contribution in [0.4, 0.5) is 4.79 Å². The molecule has 0 aromatic heterocycles. The summed E-state index contributed by atoms with van der Waals surface area (Å²) in [7, 11) is 0. The van der Waals surface area contributed by atoms with Gasteiger partial charge in [0.2, 0.25) is 5.91 Å². The number of fused-ring (bicyclic) bond motifs is 3. The highest BCUT2D eigenvalue weighted by molar-refractivity contribution is 5.91. The molecule has 1 unspecified atom stereocenters. The molecule has 0 bridgehead atoms. The van der Waals surface area contributed by atoms with Gasteiger partial charge in [0.1, 0.15) is 18.2 Å². The maximum absolute atomic E-state index is 12.6. The highest BCUT2D eigenvalue weighted by Gasteiger charge is 2.33. The largest absolute Gasteiger partial charge is 0.480 e. The molecule has 0 saturated carbocycles. The van der Waals surface area contributed by atoms with Crippen LogP contribution in [0, 0.1) is 11.8 Å². The highest BCUT2D eigenvalue weighted by atomic mass is 16.5. The van der Waals surface area contributed by atoms with E-state index in [1.807, 2.05) is 48.5 Å². The Morgan fingerprint density at radius 1 is 1.06 bits per heavy atom. The van der Waals surface area contributed by atoms with E-state index in [0.29, 0.717) is 0 Å². The van der Waals surface area contributed by atoms with E-state index in [0.717, 1.165) is 22.3 Å². The molecule has 1 atom stereocenters. The summed E-state index contributed by atoms with van der Waals surface area (Å²) in [5.41, 5.74) is 2.90. The fourth-order valence-corrected chi connectivity index (χ4v) is 3.64. The minimum atomic E-state index is -1.49. The van der Waals surface area contributed by atoms with Crippen LogP contribution in [0.3, 0.4) is 0 Å². The maximum Gasteiger partial charge on any atom is 0.407 e. The molecule has 7 nitrogen and oxygen atoms in total. The van der Waals surface area contributed by atoms with Gasteiger partial charge < -0.3 is 20.5 Å². The molecule has 166 valence electrons. The Labute approximate surface area is 187 Å². The summed E-state index contributed by atoms with van der Waals surface area (Å²) in [4.78, 5) is 36.4. The lowest BCUT2D eigenvalue weighted by atomic mass is 9.98. The molecule has 3 N–H and O–H groups in total. The number of carboxylic acids is 1. The van der Waals surface area contributed by atoms with Crippen molar-refractivity contribution >= 4 is 18.0 Å². The van der Waals surface area contributed by atoms with Crippen LogP contribution in [-0.4, -0.2) is 41.3 Å². The van der Waals surface area contributed by atoms with Crippen LogP contribution in [-0.2, 0) is 14.3 Å². The summed E-state index contributed by atoms with van der Waals surface area (Å²) in [6.45, 7) is 4.45. The lowest BCUT2D eigenvalue weighted by Crippen LogP contribution is -2.56. The normalized spacial score (nSPS) is 13.1. The van der Waals surface area contributed by atoms with Gasteiger partial charge in [0, 0.05) is 12.3 Å². The zero-order valence-electron chi connectivity index (χ0n) is 18.3. The number of hydrogen-bond donors (Lipinski definition) is 3. The second kappa shape index (κ2) is 9.56. The number of carbonyl (C=O) groups is 3. The number of nitrogens with one attached hydrogen (secondary N) is 2. The maximum atomic E-state index is 12.6. The van der Waals surface area contributed by atoms with E-state index in [2.05, 4.69) is 22.5 Å². The highest BCUT2D eigenvalue weighted by Crippen LogP contribution is 2.44. The fourth-order valence-electron chi connectivity index (χ4n) is 3.64. The van der Waals surface area contributed by atoms with Gasteiger partial charge in [-0.2, -0.15) is 0 Å². The average molecular weight is 434 g/mol. The summed E-state index contributed by atoms with van der Waals surface area (Å²) in [5.74, 6) is 3.47. The van der Waals surface area contributed by atoms with Crippen molar-refractivity contribution in [1.82, 2.24) is 10.6 Å². The van der Waals surface area contributed by atoms with Crippen molar-refractivity contribution in [2.75, 3.05) is 6.61 Å². The fraction of sp³-hybridized carbons (Fsp3) is 0.320. The minimum absolute atomic E-state index is 0.0300. The molecule has 32 heavy (non-hydrogen) atoms. The second-order valence-corrected chi connectivity index (χ2v) is 8.07. The number of rotatable bonds is 7. The Kier molecular flexibility index (Phi) is 6.84. The van der Waals surface area contributed by atoms with Gasteiger partial charge in [-0.25, -0.2) is 9.59 Å². The summed E-state index contributed by atoms with van der Waals surface area (Å²) in [6, 6.07) is 14.9. The first-order chi connectivity index (χ1) is 15.2. The van der Waals surface area contributed by atoms with Crippen molar-refractivity contribution in [2.45, 2.75) is 44.7 Å². The molecule has 0 radical (unpaired) electrons. The predicted octanol–water partition coefficient (Wildman–Crippen LogP) is 3.29. The van der Waals surface area contributed by atoms with Crippen LogP contribution in [0.1, 0.15) is 44.2 Å². The number of aliphatic carboxylic acids is 1. The number of amides is 2. The van der Waals surface area contributed by atoms with Gasteiger partial charge in [-0.15, -0.1) is 11.8 Å². The molecule has 2 amide bonds. The molecule has 0 fully saturated rings. The van der Waals surface area contributed by atoms with Gasteiger partial charge in [-0.1, -0.05) is 48.5 Å². The Morgan fingerprint density at radius 3 is 2.16 bits per heavy atom. The summed E-state index contributed by atoms with van der Waals surface area (Å²) < 4.78 is 5.48. The third-order valence-corrected chi connectivity index (χ3v) is 5.41. The first kappa shape index (κ1) is 22.9. The third-order valence-electron chi connectivity index (χ3n) is 5.41. The van der Waals surface area contributed by atoms with Crippen LogP contribution in [0.15, 0.2) is 48.5 Å². The molecule has 0 heterocycles. The van der Waals surface area contributed by atoms with Crippen LogP contribution in [0.25, 0.3) is 11.1 Å². The van der Waals surface area contributed by atoms with Gasteiger partial charge >= 0.3 is 12.1 Å². The monoisotopic (exact) mass is 434 g/mol. The van der Waals surface area contributed by atoms with E-state index in [4.69, 9.17) is 4.74 Å². The van der Waals surface area contributed by atoms with Gasteiger partial charge in [0.15, 0.2) is 0 Å². The molecule has 0 spiro atoms. The Hall–Kier alpha value is -3.79. The van der Waals surface area contributed by atoms with E-state index >= 15 is 0 Å². The number of carboxylic acid groups (broad SMARTS) is 1. The third kappa shape index (κ3) is 4.92. The molecule has 2 aromatic rings. The van der Waals surface area contributed by atoms with Gasteiger partial charge in [-0.05, 0) is 43.0 Å². The Morgan fingerprint density at radius 2 is 1.62 bits per heavy atom. The summed E-state index contributed by atoms with van der Waals surface area (Å²) >= 11 is 0. The average Bonchev–Trinajstić information content (AvgIpc) is 3.08. The molecule has 3 rings (SSSR count). The van der Waals surface area contributed by atoms with Crippen molar-refractivity contribution in [3.8, 4) is 23.0 Å². The SMILES string of the molecule is CC#CCC(NC(=O)OCC1c2ccccc2-c2ccccc21)C(=O)NC(C)(C)C(=O)O. The lowest BCUT2D eigenvalue weighted by molar-refractivity contribution is -0.146. The van der Waals surface area contributed by atoms with E-state index in [-0.39, 0.29) is 18.9 Å². The van der Waals surface area contributed by atoms with Crippen molar-refractivity contribution < 1.29 is 24.2 Å². The number of ether oxygens (including phenoxy) is 1. The molecule has 0 aliphatic heterocycles. The van der Waals surface area contributed by atoms with Crippen molar-refractivity contribution in [3.63, 3.8) is 0 Å². The minimum Gasteiger partial charge on any atom is -0.480 e. The number of hydrogen-bond acceptors (Lipinski definition) is 4. The van der Waals surface area contributed by atoms with Crippen LogP contribution >= 0.6 is 0 Å². The van der Waals surface area contributed by atoms with Crippen molar-refractivity contribution in [3.05, 3.63) is 59.7 Å². The molecule has 7 heteroatoms. The van der Waals surface area contributed by atoms with Gasteiger partial charge in [0.05, 0.1) is 0 Å². The van der Waals surface area contributed by atoms with E-state index in [9.17, 15) is 19.5 Å². The molecule has 1 aliphatic carbocycles. The molecule has 1 aliphatic rings. The summed E-state index contributed by atoms with van der Waals surface area (Å²) in [5, 5.41) is 14.2. The first-order valence-corrected chi connectivity index (χ1v) is 10.3. The number of alkyl carbamates (subject to hydrolysis) is 1. The Balaban J connectivity index is 1.68. The first-order valence-electron chi connectivity index (χ1n) is 10.3. The Bertz CT molecular complexity index is 1050. The molecule has 2 aromatic carbocycles. The predicted molar refractivity (Wildman–Crippen MR) is 120 cm³/mol. The van der Waals surface area contributed by atoms with Crippen LogP contribution in [0.5, 0.6) is 0 Å². The van der Waals surface area contributed by atoms with Crippen molar-refractivity contribution in [1.29, 1.82) is 0 Å². The van der Waals surface area contributed by atoms with E-state index in [1.165, 1.54) is 13.8 Å². The van der Waals surface area contributed by atoms with E-state index < -0.39 is 29.6 Å². The topological polar surface area (TPSA) is 105 Å². The van der Waals surface area contributed by atoms with Gasteiger partial charge in [-0.3, -0.25) is 4.79 Å². The molecular weight excluding hydrogens is 408 g/mol. The summed E-state index contributed by atoms with van der Waals surface area (Å²) in [6.07, 6.45) is -0.736. The number of benzene rings is 2. The smallest absolute Gasteiger partial charge is 0.407 e. The zero-order chi connectivity index (χ0) is 23.3. The number of carbonyl (C=O) groups excluding carboxylic acids is 2. The quantitative estimate of drug-likeness (QED) is 0.580. The standard InChI is InChI=1S/C25H26N2O5/c1-4-5-14-21(22(28)27-25(2,3)23(29)30)26-24(31)32-15-20-18-12-8-6-10-16(18)17-11-7-9-13-19(17)20/h6-13,20-21H,14-15H2,1-3H3,(H,26,31)(H,27,28)(H,29,30). The second-order valence-electron chi connectivity index (χ2n) is 8.07. The molecule has 0 saturated heterocycles. The van der Waals surface area contributed by atoms with Crippen molar-refractivity contribution in [2.24, 2.45) is 0 Å². The zero-order valence-corrected chi connectivity index (χ0v) is 18.3. The van der Waals surface area contributed by atoms with E-state index in [1.54, 1.807) is 6.92 Å². The lowest BCUT2D eigenvalue weighted by Gasteiger charge is -2.24. The van der Waals surface area contributed by atoms with Crippen LogP contribution in [0.2, 0.25) is 0 Å². The molecular formula is C25H26N2O5. The van der Waals surface area contributed by atoms with Crippen LogP contribution < -0.4 is 10.6 Å². The van der Waals surface area contributed by atoms with Gasteiger partial charge in [0.25, 0.3) is 0 Å².